The molecule has 1 saturated carbocycles. The molecule has 1 saturated heterocycles. The van der Waals surface area contributed by atoms with Gasteiger partial charge in [0, 0.05) is 31.1 Å². The molecule has 1 spiro atoms. The van der Waals surface area contributed by atoms with Crippen LogP contribution in [0, 0.1) is 0 Å². The van der Waals surface area contributed by atoms with Crippen molar-refractivity contribution < 1.29 is 19.4 Å². The van der Waals surface area contributed by atoms with Crippen molar-refractivity contribution in [2.75, 3.05) is 26.7 Å². The van der Waals surface area contributed by atoms with Crippen molar-refractivity contribution in [2.45, 2.75) is 93.9 Å². The summed E-state index contributed by atoms with van der Waals surface area (Å²) in [6.07, 6.45) is 11.0. The maximum Gasteiger partial charge on any atom is 0.308 e. The summed E-state index contributed by atoms with van der Waals surface area (Å²) in [7, 11) is 2.23. The second-order valence-corrected chi connectivity index (χ2v) is 12.4. The fraction of sp³-hybridized carbons (Fsp3) is 0.559. The van der Waals surface area contributed by atoms with E-state index in [1.54, 1.807) is 0 Å². The van der Waals surface area contributed by atoms with Gasteiger partial charge in [0.15, 0.2) is 11.5 Å². The highest BCUT2D eigenvalue weighted by molar-refractivity contribution is 5.72. The Bertz CT molecular complexity index is 1250. The van der Waals surface area contributed by atoms with Crippen LogP contribution >= 0.6 is 0 Å². The Morgan fingerprint density at radius 1 is 1.18 bits per heavy atom. The number of carbonyl (C=O) groups is 1. The van der Waals surface area contributed by atoms with E-state index in [0.717, 1.165) is 63.7 Å². The predicted octanol–water partition coefficient (Wildman–Crippen LogP) is 5.06. The number of aliphatic hydroxyl groups is 1. The molecular formula is C34H44N2O4. The minimum Gasteiger partial charge on any atom is -0.483 e. The van der Waals surface area contributed by atoms with E-state index >= 15 is 0 Å². The molecule has 0 unspecified atom stereocenters. The lowest BCUT2D eigenvalue weighted by Crippen LogP contribution is -2.78. The first-order chi connectivity index (χ1) is 19.4. The molecule has 0 amide bonds. The second kappa shape index (κ2) is 11.0. The Hall–Kier alpha value is -2.67. The van der Waals surface area contributed by atoms with Crippen LogP contribution in [0.3, 0.4) is 0 Å². The fourth-order valence-corrected chi connectivity index (χ4v) is 8.52. The van der Waals surface area contributed by atoms with Gasteiger partial charge in [-0.3, -0.25) is 14.6 Å². The van der Waals surface area contributed by atoms with Crippen LogP contribution < -0.4 is 9.47 Å². The SMILES string of the molecule is C=CCN1CC[C@]23c4c5ccc(OC(C)=O)c4O[C@H]2[C@@H](N(C)CCCCCCc2ccccc2)CC[C@@]3(O)[C@H]1C5. The van der Waals surface area contributed by atoms with Gasteiger partial charge < -0.3 is 14.6 Å². The van der Waals surface area contributed by atoms with E-state index < -0.39 is 11.0 Å². The first-order valence-electron chi connectivity index (χ1n) is 15.2. The van der Waals surface area contributed by atoms with Gasteiger partial charge in [-0.15, -0.1) is 6.58 Å². The molecule has 2 bridgehead atoms. The van der Waals surface area contributed by atoms with E-state index in [0.29, 0.717) is 11.5 Å². The highest BCUT2D eigenvalue weighted by Gasteiger charge is 2.73. The summed E-state index contributed by atoms with van der Waals surface area (Å²) in [4.78, 5) is 16.9. The molecule has 2 aromatic carbocycles. The number of unbranched alkanes of at least 4 members (excludes halogenated alkanes) is 3. The number of likely N-dealkylation sites (N-methyl/N-ethyl adjacent to an activating group) is 1. The molecule has 40 heavy (non-hydrogen) atoms. The van der Waals surface area contributed by atoms with Crippen LogP contribution in [0.1, 0.15) is 68.6 Å². The lowest BCUT2D eigenvalue weighted by atomic mass is 9.48. The zero-order valence-electron chi connectivity index (χ0n) is 24.1. The van der Waals surface area contributed by atoms with E-state index in [9.17, 15) is 9.90 Å². The summed E-state index contributed by atoms with van der Waals surface area (Å²) in [5.41, 5.74) is 2.36. The molecule has 4 aliphatic rings. The molecular weight excluding hydrogens is 500 g/mol. The Morgan fingerprint density at radius 2 is 1.98 bits per heavy atom. The smallest absolute Gasteiger partial charge is 0.308 e. The fourth-order valence-electron chi connectivity index (χ4n) is 8.52. The number of piperidine rings is 1. The van der Waals surface area contributed by atoms with Crippen LogP contribution in [0.2, 0.25) is 0 Å². The monoisotopic (exact) mass is 544 g/mol. The van der Waals surface area contributed by atoms with Gasteiger partial charge >= 0.3 is 5.97 Å². The Kier molecular flexibility index (Phi) is 7.53. The topological polar surface area (TPSA) is 62.2 Å². The molecule has 0 radical (unpaired) electrons. The molecule has 6 nitrogen and oxygen atoms in total. The van der Waals surface area contributed by atoms with Gasteiger partial charge in [0.2, 0.25) is 0 Å². The number of benzene rings is 2. The highest BCUT2D eigenvalue weighted by atomic mass is 16.6. The largest absolute Gasteiger partial charge is 0.483 e. The number of hydrogen-bond acceptors (Lipinski definition) is 6. The quantitative estimate of drug-likeness (QED) is 0.185. The Balaban J connectivity index is 1.22. The minimum atomic E-state index is -0.888. The lowest BCUT2D eigenvalue weighted by molar-refractivity contribution is -0.197. The van der Waals surface area contributed by atoms with Gasteiger partial charge in [0.1, 0.15) is 6.10 Å². The van der Waals surface area contributed by atoms with Crippen molar-refractivity contribution in [1.82, 2.24) is 9.80 Å². The highest BCUT2D eigenvalue weighted by Crippen LogP contribution is 2.65. The third kappa shape index (κ3) is 4.40. The molecule has 2 heterocycles. The number of carbonyl (C=O) groups excluding carboxylic acids is 1. The van der Waals surface area contributed by atoms with Gasteiger partial charge in [-0.1, -0.05) is 55.3 Å². The molecule has 2 aliphatic heterocycles. The van der Waals surface area contributed by atoms with Crippen molar-refractivity contribution in [2.24, 2.45) is 0 Å². The average molecular weight is 545 g/mol. The maximum atomic E-state index is 12.7. The molecule has 2 fully saturated rings. The average Bonchev–Trinajstić information content (AvgIpc) is 3.29. The van der Waals surface area contributed by atoms with E-state index in [-0.39, 0.29) is 24.2 Å². The van der Waals surface area contributed by atoms with E-state index in [1.165, 1.54) is 37.3 Å². The summed E-state index contributed by atoms with van der Waals surface area (Å²) < 4.78 is 12.5. The standard InChI is InChI=1S/C34H44N2O4/c1-4-20-36-22-19-33-30-26-15-16-28(39-24(2)37)31(30)40-32(33)27(17-18-34(33,38)29(36)23-26)35(3)21-11-6-5-8-12-25-13-9-7-10-14-25/h4,7,9-10,13-16,27,29,32,38H,1,5-6,8,11-12,17-23H2,2-3H3/t27-,29+,32-,33-,34+/m0/s1. The first kappa shape index (κ1) is 27.5. The maximum absolute atomic E-state index is 12.7. The molecule has 1 N–H and O–H groups in total. The van der Waals surface area contributed by atoms with E-state index in [2.05, 4.69) is 59.8 Å². The van der Waals surface area contributed by atoms with Gasteiger partial charge in [0.25, 0.3) is 0 Å². The zero-order valence-corrected chi connectivity index (χ0v) is 24.1. The second-order valence-electron chi connectivity index (χ2n) is 12.4. The van der Waals surface area contributed by atoms with Crippen molar-refractivity contribution in [3.05, 3.63) is 71.8 Å². The van der Waals surface area contributed by atoms with E-state index in [4.69, 9.17) is 9.47 Å². The summed E-state index contributed by atoms with van der Waals surface area (Å²) >= 11 is 0. The number of aryl methyl sites for hydroxylation is 1. The van der Waals surface area contributed by atoms with Crippen LogP contribution in [0.5, 0.6) is 11.5 Å². The van der Waals surface area contributed by atoms with Gasteiger partial charge in [0.05, 0.1) is 11.0 Å². The number of hydrogen-bond donors (Lipinski definition) is 1. The molecule has 2 aliphatic carbocycles. The minimum absolute atomic E-state index is 0.0271. The molecule has 214 valence electrons. The molecule has 5 atom stereocenters. The van der Waals surface area contributed by atoms with Gasteiger partial charge in [-0.2, -0.15) is 0 Å². The summed E-state index contributed by atoms with van der Waals surface area (Å²) in [5.74, 6) is 0.829. The van der Waals surface area contributed by atoms with Crippen molar-refractivity contribution in [3.63, 3.8) is 0 Å². The zero-order chi connectivity index (χ0) is 27.9. The summed E-state index contributed by atoms with van der Waals surface area (Å²) in [6, 6.07) is 14.9. The van der Waals surface area contributed by atoms with Crippen LogP contribution in [0.15, 0.2) is 55.1 Å². The lowest BCUT2D eigenvalue weighted by Gasteiger charge is -2.64. The number of ether oxygens (including phenoxy) is 2. The number of esters is 1. The number of likely N-dealkylation sites (tertiary alicyclic amines) is 1. The first-order valence-corrected chi connectivity index (χ1v) is 15.2. The normalized spacial score (nSPS) is 30.1. The van der Waals surface area contributed by atoms with Crippen molar-refractivity contribution >= 4 is 5.97 Å². The van der Waals surface area contributed by atoms with Crippen molar-refractivity contribution in [1.29, 1.82) is 0 Å². The van der Waals surface area contributed by atoms with Crippen LogP contribution in [0.25, 0.3) is 0 Å². The third-order valence-electron chi connectivity index (χ3n) is 10.3. The third-order valence-corrected chi connectivity index (χ3v) is 10.3. The molecule has 6 heteroatoms. The Morgan fingerprint density at radius 3 is 2.75 bits per heavy atom. The van der Waals surface area contributed by atoms with Crippen LogP contribution in [-0.2, 0) is 23.1 Å². The van der Waals surface area contributed by atoms with Gasteiger partial charge in [-0.05, 0) is 82.3 Å². The molecule has 0 aromatic heterocycles. The number of nitrogens with zero attached hydrogens (tertiary/aromatic N) is 2. The van der Waals surface area contributed by atoms with Gasteiger partial charge in [-0.25, -0.2) is 0 Å². The summed E-state index contributed by atoms with van der Waals surface area (Å²) in [5, 5.41) is 12.7. The predicted molar refractivity (Wildman–Crippen MR) is 157 cm³/mol. The number of rotatable bonds is 11. The Labute approximate surface area is 239 Å². The summed E-state index contributed by atoms with van der Waals surface area (Å²) in [6.45, 7) is 8.10. The molecule has 2 aromatic rings. The molecule has 6 rings (SSSR count). The van der Waals surface area contributed by atoms with E-state index in [1.807, 2.05) is 12.1 Å². The van der Waals surface area contributed by atoms with Crippen LogP contribution in [0.4, 0.5) is 0 Å². The van der Waals surface area contributed by atoms with Crippen LogP contribution in [-0.4, -0.2) is 71.3 Å². The van der Waals surface area contributed by atoms with Crippen molar-refractivity contribution in [3.8, 4) is 11.5 Å².